The summed E-state index contributed by atoms with van der Waals surface area (Å²) in [6.45, 7) is 8.67. The van der Waals surface area contributed by atoms with E-state index in [1.165, 1.54) is 0 Å². The maximum Gasteiger partial charge on any atom is 0.410 e. The van der Waals surface area contributed by atoms with Crippen molar-refractivity contribution < 1.29 is 19.1 Å². The zero-order chi connectivity index (χ0) is 26.0. The molecule has 8 heteroatoms. The van der Waals surface area contributed by atoms with Crippen molar-refractivity contribution in [1.29, 1.82) is 0 Å². The summed E-state index contributed by atoms with van der Waals surface area (Å²) in [5.41, 5.74) is 1.59. The van der Waals surface area contributed by atoms with Crippen molar-refractivity contribution in [2.24, 2.45) is 11.8 Å². The molecule has 2 atom stereocenters. The lowest BCUT2D eigenvalue weighted by molar-refractivity contribution is 0.0282. The van der Waals surface area contributed by atoms with E-state index in [2.05, 4.69) is 15.2 Å². The molecular weight excluding hydrogens is 468 g/mol. The van der Waals surface area contributed by atoms with Crippen LogP contribution < -0.4 is 15.0 Å². The summed E-state index contributed by atoms with van der Waals surface area (Å²) in [5, 5.41) is 2.93. The predicted octanol–water partition coefficient (Wildman–Crippen LogP) is 5.43. The van der Waals surface area contributed by atoms with Crippen molar-refractivity contribution in [3.8, 4) is 11.5 Å². The predicted molar refractivity (Wildman–Crippen MR) is 142 cm³/mol. The van der Waals surface area contributed by atoms with Crippen LogP contribution in [0.1, 0.15) is 31.1 Å². The number of fused-ring (bicyclic) bond motifs is 1. The number of hydrogen-bond acceptors (Lipinski definition) is 6. The largest absolute Gasteiger partial charge is 0.457 e. The van der Waals surface area contributed by atoms with Gasteiger partial charge in [-0.3, -0.25) is 9.78 Å². The Hall–Kier alpha value is -4.07. The molecule has 2 saturated heterocycles. The second-order valence-corrected chi connectivity index (χ2v) is 10.6. The lowest BCUT2D eigenvalue weighted by Gasteiger charge is -2.26. The highest BCUT2D eigenvalue weighted by molar-refractivity contribution is 6.04. The van der Waals surface area contributed by atoms with E-state index in [0.29, 0.717) is 41.9 Å². The molecular formula is C29H32N4O4. The number of para-hydroxylation sites is 1. The van der Waals surface area contributed by atoms with Crippen LogP contribution in [0.5, 0.6) is 11.5 Å². The summed E-state index contributed by atoms with van der Waals surface area (Å²) in [7, 11) is 0. The molecule has 2 amide bonds. The molecule has 0 unspecified atom stereocenters. The third-order valence-electron chi connectivity index (χ3n) is 6.58. The van der Waals surface area contributed by atoms with E-state index in [9.17, 15) is 9.59 Å². The molecule has 0 spiro atoms. The van der Waals surface area contributed by atoms with E-state index in [1.807, 2.05) is 86.3 Å². The Morgan fingerprint density at radius 1 is 0.892 bits per heavy atom. The van der Waals surface area contributed by atoms with Gasteiger partial charge in [0.15, 0.2) is 0 Å². The number of carbonyl (C=O) groups is 2. The standard InChI is InChI=1S/C29H32N4O4/c1-29(2,3)37-28(35)33-18-21-16-32(17-22(21)19-33)24-13-20(14-30-15-24)27(34)31-23-9-11-26(12-10-23)36-25-7-5-4-6-8-25/h4-15,21-22H,16-19H2,1-3H3,(H,31,34)/t21-,22+. The number of anilines is 2. The first kappa shape index (κ1) is 24.6. The molecule has 8 nitrogen and oxygen atoms in total. The molecule has 0 radical (unpaired) electrons. The van der Waals surface area contributed by atoms with E-state index in [-0.39, 0.29) is 12.0 Å². The molecule has 1 aromatic heterocycles. The van der Waals surface area contributed by atoms with Gasteiger partial charge < -0.3 is 24.6 Å². The van der Waals surface area contributed by atoms with Gasteiger partial charge in [-0.25, -0.2) is 4.79 Å². The highest BCUT2D eigenvalue weighted by Crippen LogP contribution is 2.34. The minimum absolute atomic E-state index is 0.221. The molecule has 0 bridgehead atoms. The summed E-state index contributed by atoms with van der Waals surface area (Å²) in [4.78, 5) is 33.8. The first-order chi connectivity index (χ1) is 17.7. The number of nitrogens with zero attached hydrogens (tertiary/aromatic N) is 3. The van der Waals surface area contributed by atoms with Crippen LogP contribution in [0.4, 0.5) is 16.2 Å². The van der Waals surface area contributed by atoms with Crippen LogP contribution in [0.3, 0.4) is 0 Å². The van der Waals surface area contributed by atoms with Gasteiger partial charge in [0.25, 0.3) is 5.91 Å². The summed E-state index contributed by atoms with van der Waals surface area (Å²) in [5.74, 6) is 1.98. The monoisotopic (exact) mass is 500 g/mol. The van der Waals surface area contributed by atoms with Crippen molar-refractivity contribution in [2.75, 3.05) is 36.4 Å². The zero-order valence-electron chi connectivity index (χ0n) is 21.4. The first-order valence-corrected chi connectivity index (χ1v) is 12.6. The second-order valence-electron chi connectivity index (χ2n) is 10.6. The van der Waals surface area contributed by atoms with E-state index in [4.69, 9.17) is 9.47 Å². The first-order valence-electron chi connectivity index (χ1n) is 12.6. The van der Waals surface area contributed by atoms with Crippen molar-refractivity contribution in [3.05, 3.63) is 78.6 Å². The molecule has 0 saturated carbocycles. The highest BCUT2D eigenvalue weighted by Gasteiger charge is 2.42. The highest BCUT2D eigenvalue weighted by atomic mass is 16.6. The third kappa shape index (κ3) is 6.02. The second kappa shape index (κ2) is 10.1. The average molecular weight is 501 g/mol. The molecule has 2 aliphatic rings. The Morgan fingerprint density at radius 3 is 2.19 bits per heavy atom. The van der Waals surface area contributed by atoms with Crippen molar-refractivity contribution >= 4 is 23.4 Å². The minimum atomic E-state index is -0.495. The van der Waals surface area contributed by atoms with Crippen molar-refractivity contribution in [1.82, 2.24) is 9.88 Å². The Morgan fingerprint density at radius 2 is 1.54 bits per heavy atom. The lowest BCUT2D eigenvalue weighted by Crippen LogP contribution is -2.37. The maximum atomic E-state index is 12.9. The Kier molecular flexibility index (Phi) is 6.74. The fourth-order valence-electron chi connectivity index (χ4n) is 4.84. The van der Waals surface area contributed by atoms with E-state index >= 15 is 0 Å². The number of pyridine rings is 1. The third-order valence-corrected chi connectivity index (χ3v) is 6.58. The summed E-state index contributed by atoms with van der Waals surface area (Å²) >= 11 is 0. The van der Waals surface area contributed by atoms with Crippen LogP contribution in [-0.2, 0) is 4.74 Å². The average Bonchev–Trinajstić information content (AvgIpc) is 3.45. The Bertz CT molecular complexity index is 1240. The smallest absolute Gasteiger partial charge is 0.410 e. The van der Waals surface area contributed by atoms with Gasteiger partial charge in [0.2, 0.25) is 0 Å². The number of likely N-dealkylation sites (tertiary alicyclic amines) is 1. The number of hydrogen-bond donors (Lipinski definition) is 1. The molecule has 37 heavy (non-hydrogen) atoms. The van der Waals surface area contributed by atoms with Crippen molar-refractivity contribution in [3.63, 3.8) is 0 Å². The molecule has 3 aromatic rings. The fourth-order valence-corrected chi connectivity index (χ4v) is 4.84. The molecule has 2 aromatic carbocycles. The Balaban J connectivity index is 1.17. The number of carbonyl (C=O) groups excluding carboxylic acids is 2. The molecule has 3 heterocycles. The van der Waals surface area contributed by atoms with Crippen LogP contribution in [0.2, 0.25) is 0 Å². The molecule has 5 rings (SSSR count). The topological polar surface area (TPSA) is 84.0 Å². The maximum absolute atomic E-state index is 12.9. The number of benzene rings is 2. The number of ether oxygens (including phenoxy) is 2. The molecule has 1 N–H and O–H groups in total. The summed E-state index contributed by atoms with van der Waals surface area (Å²) < 4.78 is 11.3. The SMILES string of the molecule is CC(C)(C)OC(=O)N1C[C@@H]2CN(c3cncc(C(=O)Nc4ccc(Oc5ccccc5)cc4)c3)C[C@@H]2C1. The van der Waals surface area contributed by atoms with Gasteiger partial charge >= 0.3 is 6.09 Å². The minimum Gasteiger partial charge on any atom is -0.457 e. The van der Waals surface area contributed by atoms with Gasteiger partial charge in [-0.2, -0.15) is 0 Å². The van der Waals surface area contributed by atoms with Gasteiger partial charge in [0.05, 0.1) is 17.4 Å². The number of nitrogens with one attached hydrogen (secondary N) is 1. The van der Waals surface area contributed by atoms with Crippen LogP contribution in [0, 0.1) is 11.8 Å². The quantitative estimate of drug-likeness (QED) is 0.503. The number of aromatic nitrogens is 1. The van der Waals surface area contributed by atoms with E-state index < -0.39 is 5.60 Å². The number of amides is 2. The van der Waals surface area contributed by atoms with Crippen molar-refractivity contribution in [2.45, 2.75) is 26.4 Å². The summed E-state index contributed by atoms with van der Waals surface area (Å²) in [6, 6.07) is 18.7. The van der Waals surface area contributed by atoms with Gasteiger partial charge in [-0.05, 0) is 63.2 Å². The molecule has 2 fully saturated rings. The lowest BCUT2D eigenvalue weighted by atomic mass is 10.0. The van der Waals surface area contributed by atoms with Crippen LogP contribution >= 0.6 is 0 Å². The molecule has 0 aliphatic carbocycles. The Labute approximate surface area is 217 Å². The fraction of sp³-hybridized carbons (Fsp3) is 0.345. The van der Waals surface area contributed by atoms with E-state index in [1.54, 1.807) is 12.4 Å². The van der Waals surface area contributed by atoms with Gasteiger partial charge in [-0.1, -0.05) is 18.2 Å². The number of rotatable bonds is 5. The molecule has 2 aliphatic heterocycles. The van der Waals surface area contributed by atoms with Gasteiger partial charge in [-0.15, -0.1) is 0 Å². The zero-order valence-corrected chi connectivity index (χ0v) is 21.4. The summed E-state index contributed by atoms with van der Waals surface area (Å²) in [6.07, 6.45) is 3.12. The normalized spacial score (nSPS) is 18.9. The molecule has 192 valence electrons. The van der Waals surface area contributed by atoms with Gasteiger partial charge in [0.1, 0.15) is 17.1 Å². The van der Waals surface area contributed by atoms with Crippen LogP contribution in [0.25, 0.3) is 0 Å². The van der Waals surface area contributed by atoms with Crippen LogP contribution in [-0.4, -0.2) is 53.7 Å². The van der Waals surface area contributed by atoms with Gasteiger partial charge in [0, 0.05) is 49.9 Å². The van der Waals surface area contributed by atoms with E-state index in [0.717, 1.165) is 24.5 Å². The van der Waals surface area contributed by atoms with Crippen LogP contribution in [0.15, 0.2) is 73.1 Å².